The Morgan fingerprint density at radius 2 is 1.81 bits per heavy atom. The van der Waals surface area contributed by atoms with Crippen LogP contribution in [0.3, 0.4) is 0 Å². The molecule has 0 aliphatic heterocycles. The molecule has 0 heterocycles. The summed E-state index contributed by atoms with van der Waals surface area (Å²) in [6.07, 6.45) is 2.96. The Morgan fingerprint density at radius 1 is 1.04 bits per heavy atom. The summed E-state index contributed by atoms with van der Waals surface area (Å²) in [5, 5.41) is 2.55. The standard InChI is InChI=1S/C20H18FNO4/c21-17-8-4-7-16(13-17)18(23)14-26-20(25)11-12-22-19(24)10-9-15-5-2-1-3-6-15/h1-10,13H,11-12,14H2,(H,22,24)/b10-9+. The number of Topliss-reactive ketones (excluding diaryl/α,β-unsaturated/α-hetero) is 1. The van der Waals surface area contributed by atoms with E-state index >= 15 is 0 Å². The minimum absolute atomic E-state index is 0.0681. The molecule has 0 saturated heterocycles. The normalized spacial score (nSPS) is 10.5. The highest BCUT2D eigenvalue weighted by molar-refractivity contribution is 5.98. The second-order valence-electron chi connectivity index (χ2n) is 5.38. The first-order valence-corrected chi connectivity index (χ1v) is 8.00. The second-order valence-corrected chi connectivity index (χ2v) is 5.38. The van der Waals surface area contributed by atoms with Gasteiger partial charge in [0.25, 0.3) is 0 Å². The third-order valence-corrected chi connectivity index (χ3v) is 3.37. The van der Waals surface area contributed by atoms with E-state index in [0.29, 0.717) is 0 Å². The number of benzene rings is 2. The van der Waals surface area contributed by atoms with Crippen molar-refractivity contribution in [2.45, 2.75) is 6.42 Å². The van der Waals surface area contributed by atoms with Crippen molar-refractivity contribution in [1.82, 2.24) is 5.32 Å². The Labute approximate surface area is 150 Å². The van der Waals surface area contributed by atoms with Crippen molar-refractivity contribution in [3.8, 4) is 0 Å². The lowest BCUT2D eigenvalue weighted by molar-refractivity contribution is -0.142. The van der Waals surface area contributed by atoms with Crippen LogP contribution < -0.4 is 5.32 Å². The fraction of sp³-hybridized carbons (Fsp3) is 0.150. The first-order chi connectivity index (χ1) is 12.5. The molecule has 0 bridgehead atoms. The number of hydrogen-bond acceptors (Lipinski definition) is 4. The van der Waals surface area contributed by atoms with Crippen molar-refractivity contribution in [2.24, 2.45) is 0 Å². The minimum atomic E-state index is -0.623. The molecule has 0 saturated carbocycles. The summed E-state index contributed by atoms with van der Waals surface area (Å²) in [7, 11) is 0. The smallest absolute Gasteiger partial charge is 0.308 e. The lowest BCUT2D eigenvalue weighted by atomic mass is 10.1. The Kier molecular flexibility index (Phi) is 7.24. The number of hydrogen-bond donors (Lipinski definition) is 1. The fourth-order valence-electron chi connectivity index (χ4n) is 2.05. The first-order valence-electron chi connectivity index (χ1n) is 8.00. The highest BCUT2D eigenvalue weighted by Gasteiger charge is 2.10. The number of rotatable bonds is 8. The summed E-state index contributed by atoms with van der Waals surface area (Å²) >= 11 is 0. The molecule has 0 spiro atoms. The van der Waals surface area contributed by atoms with Crippen molar-refractivity contribution in [2.75, 3.05) is 13.2 Å². The zero-order valence-electron chi connectivity index (χ0n) is 14.0. The topological polar surface area (TPSA) is 72.5 Å². The van der Waals surface area contributed by atoms with E-state index in [-0.39, 0.29) is 24.4 Å². The van der Waals surface area contributed by atoms with Gasteiger partial charge in [-0.05, 0) is 23.8 Å². The van der Waals surface area contributed by atoms with Crippen LogP contribution in [-0.4, -0.2) is 30.8 Å². The van der Waals surface area contributed by atoms with Crippen molar-refractivity contribution in [3.63, 3.8) is 0 Å². The van der Waals surface area contributed by atoms with Crippen LogP contribution in [0.25, 0.3) is 6.08 Å². The molecular weight excluding hydrogens is 337 g/mol. The van der Waals surface area contributed by atoms with E-state index in [1.807, 2.05) is 30.3 Å². The van der Waals surface area contributed by atoms with Crippen LogP contribution in [0.2, 0.25) is 0 Å². The molecule has 26 heavy (non-hydrogen) atoms. The quantitative estimate of drug-likeness (QED) is 0.449. The SMILES string of the molecule is O=C(/C=C/c1ccccc1)NCCC(=O)OCC(=O)c1cccc(F)c1. The Bertz CT molecular complexity index is 802. The second kappa shape index (κ2) is 9.88. The first kappa shape index (κ1) is 19.1. The summed E-state index contributed by atoms with van der Waals surface area (Å²) in [6.45, 7) is -0.380. The summed E-state index contributed by atoms with van der Waals surface area (Å²) in [5.41, 5.74) is 1.02. The zero-order valence-corrected chi connectivity index (χ0v) is 14.0. The molecule has 0 aliphatic rings. The van der Waals surface area contributed by atoms with E-state index in [4.69, 9.17) is 4.74 Å². The molecule has 0 aliphatic carbocycles. The molecule has 5 nitrogen and oxygen atoms in total. The van der Waals surface area contributed by atoms with Gasteiger partial charge >= 0.3 is 5.97 Å². The van der Waals surface area contributed by atoms with Crippen LogP contribution in [0.4, 0.5) is 4.39 Å². The monoisotopic (exact) mass is 355 g/mol. The predicted molar refractivity (Wildman–Crippen MR) is 94.8 cm³/mol. The fourth-order valence-corrected chi connectivity index (χ4v) is 2.05. The Hall–Kier alpha value is -3.28. The van der Waals surface area contributed by atoms with Crippen LogP contribution in [0.5, 0.6) is 0 Å². The molecule has 1 N–H and O–H groups in total. The number of amides is 1. The average molecular weight is 355 g/mol. The molecule has 0 atom stereocenters. The van der Waals surface area contributed by atoms with Gasteiger partial charge in [-0.3, -0.25) is 14.4 Å². The van der Waals surface area contributed by atoms with Crippen LogP contribution in [0.15, 0.2) is 60.7 Å². The molecule has 134 valence electrons. The molecular formula is C20H18FNO4. The molecule has 0 fully saturated rings. The van der Waals surface area contributed by atoms with E-state index in [2.05, 4.69) is 5.32 Å². The Balaban J connectivity index is 1.66. The molecule has 6 heteroatoms. The summed E-state index contributed by atoms with van der Waals surface area (Å²) in [5.74, 6) is -1.99. The molecule has 0 radical (unpaired) electrons. The van der Waals surface area contributed by atoms with Gasteiger partial charge < -0.3 is 10.1 Å². The van der Waals surface area contributed by atoms with Crippen LogP contribution in [-0.2, 0) is 14.3 Å². The third-order valence-electron chi connectivity index (χ3n) is 3.37. The van der Waals surface area contributed by atoms with E-state index < -0.39 is 24.2 Å². The van der Waals surface area contributed by atoms with Crippen molar-refractivity contribution in [1.29, 1.82) is 0 Å². The number of carbonyl (C=O) groups is 3. The molecule has 1 amide bonds. The number of carbonyl (C=O) groups excluding carboxylic acids is 3. The minimum Gasteiger partial charge on any atom is -0.457 e. The molecule has 2 aromatic carbocycles. The highest BCUT2D eigenvalue weighted by Crippen LogP contribution is 2.05. The van der Waals surface area contributed by atoms with Crippen molar-refractivity contribution in [3.05, 3.63) is 77.6 Å². The van der Waals surface area contributed by atoms with E-state index in [9.17, 15) is 18.8 Å². The highest BCUT2D eigenvalue weighted by atomic mass is 19.1. The number of halogens is 1. The van der Waals surface area contributed by atoms with Gasteiger partial charge in [0.2, 0.25) is 5.91 Å². The maximum atomic E-state index is 13.0. The van der Waals surface area contributed by atoms with Gasteiger partial charge in [-0.15, -0.1) is 0 Å². The zero-order chi connectivity index (χ0) is 18.8. The van der Waals surface area contributed by atoms with Gasteiger partial charge in [0.15, 0.2) is 12.4 Å². The van der Waals surface area contributed by atoms with Gasteiger partial charge in [-0.2, -0.15) is 0 Å². The summed E-state index contributed by atoms with van der Waals surface area (Å²) in [6, 6.07) is 14.5. The Morgan fingerprint density at radius 3 is 2.54 bits per heavy atom. The third kappa shape index (κ3) is 6.68. The van der Waals surface area contributed by atoms with E-state index in [0.717, 1.165) is 11.6 Å². The number of ketones is 1. The van der Waals surface area contributed by atoms with Crippen LogP contribution in [0.1, 0.15) is 22.3 Å². The largest absolute Gasteiger partial charge is 0.457 e. The van der Waals surface area contributed by atoms with Gasteiger partial charge in [-0.1, -0.05) is 42.5 Å². The van der Waals surface area contributed by atoms with Crippen molar-refractivity contribution < 1.29 is 23.5 Å². The van der Waals surface area contributed by atoms with Crippen molar-refractivity contribution >= 4 is 23.7 Å². The summed E-state index contributed by atoms with van der Waals surface area (Å²) < 4.78 is 17.9. The molecule has 0 aromatic heterocycles. The average Bonchev–Trinajstić information content (AvgIpc) is 2.65. The number of esters is 1. The number of ether oxygens (including phenoxy) is 1. The maximum Gasteiger partial charge on any atom is 0.308 e. The van der Waals surface area contributed by atoms with Crippen LogP contribution in [0, 0.1) is 5.82 Å². The lowest BCUT2D eigenvalue weighted by Crippen LogP contribution is -2.25. The molecule has 2 rings (SSSR count). The van der Waals surface area contributed by atoms with Gasteiger partial charge in [0, 0.05) is 18.2 Å². The number of nitrogens with one attached hydrogen (secondary N) is 1. The maximum absolute atomic E-state index is 13.0. The molecule has 2 aromatic rings. The summed E-state index contributed by atoms with van der Waals surface area (Å²) in [4.78, 5) is 35.0. The van der Waals surface area contributed by atoms with Gasteiger partial charge in [0.1, 0.15) is 5.82 Å². The van der Waals surface area contributed by atoms with Gasteiger partial charge in [-0.25, -0.2) is 4.39 Å². The van der Waals surface area contributed by atoms with Gasteiger partial charge in [0.05, 0.1) is 6.42 Å². The van der Waals surface area contributed by atoms with E-state index in [1.165, 1.54) is 24.3 Å². The lowest BCUT2D eigenvalue weighted by Gasteiger charge is -2.05. The van der Waals surface area contributed by atoms with Crippen LogP contribution >= 0.6 is 0 Å². The predicted octanol–water partition coefficient (Wildman–Crippen LogP) is 2.77. The van der Waals surface area contributed by atoms with E-state index in [1.54, 1.807) is 6.08 Å². The molecule has 0 unspecified atom stereocenters.